The zero-order valence-electron chi connectivity index (χ0n) is 19.6. The monoisotopic (exact) mass is 517 g/mol. The number of aromatic nitrogens is 5. The van der Waals surface area contributed by atoms with Crippen molar-refractivity contribution in [3.05, 3.63) is 58.6 Å². The molecular weight excluding hydrogens is 491 g/mol. The molecule has 3 aromatic rings. The highest BCUT2D eigenvalue weighted by atomic mass is 35.5. The Morgan fingerprint density at radius 1 is 1.03 bits per heavy atom. The van der Waals surface area contributed by atoms with Gasteiger partial charge in [0, 0.05) is 37.7 Å². The van der Waals surface area contributed by atoms with E-state index in [1.165, 1.54) is 12.1 Å². The Morgan fingerprint density at radius 2 is 1.83 bits per heavy atom. The number of alkyl halides is 3. The fraction of sp³-hybridized carbons (Fsp3) is 0.520. The summed E-state index contributed by atoms with van der Waals surface area (Å²) in [5.41, 5.74) is 1.01. The van der Waals surface area contributed by atoms with Crippen LogP contribution in [-0.4, -0.2) is 44.1 Å². The zero-order valence-corrected chi connectivity index (χ0v) is 20.4. The normalized spacial score (nSPS) is 25.9. The molecule has 4 heterocycles. The first-order valence-electron chi connectivity index (χ1n) is 12.5. The number of nitrogens with zero attached hydrogens (tertiary/aromatic N) is 6. The van der Waals surface area contributed by atoms with Crippen molar-refractivity contribution in [3.8, 4) is 0 Å². The summed E-state index contributed by atoms with van der Waals surface area (Å²) in [5, 5.41) is 16.6. The summed E-state index contributed by atoms with van der Waals surface area (Å²) in [6.45, 7) is 2.49. The summed E-state index contributed by atoms with van der Waals surface area (Å²) < 4.78 is 41.9. The Labute approximate surface area is 212 Å². The maximum atomic E-state index is 13.4. The molecule has 1 N–H and O–H groups in total. The third kappa shape index (κ3) is 4.51. The summed E-state index contributed by atoms with van der Waals surface area (Å²) in [6, 6.07) is 7.75. The lowest BCUT2D eigenvalue weighted by atomic mass is 9.92. The molecule has 2 unspecified atom stereocenters. The third-order valence-electron chi connectivity index (χ3n) is 7.85. The van der Waals surface area contributed by atoms with Gasteiger partial charge in [0.05, 0.1) is 17.4 Å². The van der Waals surface area contributed by atoms with Crippen LogP contribution in [0.25, 0.3) is 0 Å². The van der Waals surface area contributed by atoms with Crippen molar-refractivity contribution in [2.75, 3.05) is 23.3 Å². The second-order valence-corrected chi connectivity index (χ2v) is 10.5. The first-order chi connectivity index (χ1) is 17.3. The van der Waals surface area contributed by atoms with Gasteiger partial charge in [0.1, 0.15) is 5.82 Å². The minimum atomic E-state index is -4.37. The van der Waals surface area contributed by atoms with E-state index in [2.05, 4.69) is 20.4 Å². The number of halogens is 4. The van der Waals surface area contributed by atoms with Gasteiger partial charge in [0.15, 0.2) is 5.15 Å². The Morgan fingerprint density at radius 3 is 2.58 bits per heavy atom. The van der Waals surface area contributed by atoms with Crippen LogP contribution in [0.2, 0.25) is 5.15 Å². The van der Waals surface area contributed by atoms with Crippen LogP contribution in [-0.2, 0) is 12.7 Å². The second-order valence-electron chi connectivity index (χ2n) is 10.1. The van der Waals surface area contributed by atoms with Gasteiger partial charge in [-0.2, -0.15) is 23.3 Å². The van der Waals surface area contributed by atoms with Gasteiger partial charge in [0.2, 0.25) is 5.95 Å². The lowest BCUT2D eigenvalue weighted by Crippen LogP contribution is -2.48. The topological polar surface area (TPSA) is 71.8 Å². The lowest BCUT2D eigenvalue weighted by Gasteiger charge is -2.39. The van der Waals surface area contributed by atoms with Crippen molar-refractivity contribution in [2.24, 2.45) is 11.8 Å². The highest BCUT2D eigenvalue weighted by molar-refractivity contribution is 6.29. The van der Waals surface area contributed by atoms with Gasteiger partial charge in [-0.05, 0) is 49.1 Å². The number of fused-ring (bicyclic) bond motifs is 3. The highest BCUT2D eigenvalue weighted by Crippen LogP contribution is 2.41. The minimum absolute atomic E-state index is 0.208. The number of benzene rings is 1. The van der Waals surface area contributed by atoms with Crippen LogP contribution in [0.5, 0.6) is 0 Å². The number of piperidine rings is 1. The summed E-state index contributed by atoms with van der Waals surface area (Å²) in [4.78, 5) is 7.17. The smallest absolute Gasteiger partial charge is 0.369 e. The van der Waals surface area contributed by atoms with Gasteiger partial charge in [-0.3, -0.25) is 0 Å². The zero-order chi connectivity index (χ0) is 24.9. The number of nitrogens with one attached hydrogen (secondary N) is 1. The first kappa shape index (κ1) is 23.5. The Balaban J connectivity index is 1.22. The molecule has 4 atom stereocenters. The van der Waals surface area contributed by atoms with E-state index in [1.54, 1.807) is 12.3 Å². The first-order valence-corrected chi connectivity index (χ1v) is 12.8. The standard InChI is InChI=1S/C25H27ClF3N7/c26-21-11-19(12-30-33-21)35-13-16-7-8-17(14-35)22(16)31-24-32-23-20(6-1-2-9-36(23)34-24)15-4-3-5-18(10-15)25(27,28)29/h3-5,10-12,16-17,20,22H,1-2,6-9,13-14H2,(H,31,34)/t16-,17?,20?,22-/m0/s1. The van der Waals surface area contributed by atoms with Crippen molar-refractivity contribution in [1.29, 1.82) is 0 Å². The predicted molar refractivity (Wildman–Crippen MR) is 130 cm³/mol. The van der Waals surface area contributed by atoms with Gasteiger partial charge in [-0.25, -0.2) is 4.68 Å². The molecule has 11 heteroatoms. The molecule has 7 nitrogen and oxygen atoms in total. The number of anilines is 2. The van der Waals surface area contributed by atoms with Gasteiger partial charge >= 0.3 is 6.18 Å². The molecule has 1 saturated heterocycles. The van der Waals surface area contributed by atoms with E-state index in [-0.39, 0.29) is 12.0 Å². The quantitative estimate of drug-likeness (QED) is 0.501. The molecule has 0 radical (unpaired) electrons. The number of rotatable bonds is 4. The van der Waals surface area contributed by atoms with Crippen LogP contribution in [0.3, 0.4) is 0 Å². The predicted octanol–water partition coefficient (Wildman–Crippen LogP) is 5.38. The van der Waals surface area contributed by atoms with Crippen LogP contribution < -0.4 is 10.2 Å². The van der Waals surface area contributed by atoms with E-state index in [1.807, 2.05) is 10.7 Å². The fourth-order valence-electron chi connectivity index (χ4n) is 6.15. The van der Waals surface area contributed by atoms with E-state index in [0.29, 0.717) is 28.5 Å². The van der Waals surface area contributed by atoms with E-state index >= 15 is 0 Å². The molecule has 2 aliphatic heterocycles. The molecular formula is C25H27ClF3N7. The van der Waals surface area contributed by atoms with E-state index < -0.39 is 11.7 Å². The average molecular weight is 518 g/mol. The molecule has 1 aromatic carbocycles. The van der Waals surface area contributed by atoms with Gasteiger partial charge in [-0.1, -0.05) is 36.2 Å². The maximum Gasteiger partial charge on any atom is 0.416 e. The summed E-state index contributed by atoms with van der Waals surface area (Å²) in [5.74, 6) is 1.97. The van der Waals surface area contributed by atoms with Crippen molar-refractivity contribution in [2.45, 2.75) is 56.8 Å². The number of aryl methyl sites for hydroxylation is 1. The molecule has 1 aliphatic carbocycles. The van der Waals surface area contributed by atoms with Crippen molar-refractivity contribution in [1.82, 2.24) is 25.0 Å². The van der Waals surface area contributed by atoms with Crippen LogP contribution in [0.4, 0.5) is 24.8 Å². The van der Waals surface area contributed by atoms with Crippen molar-refractivity contribution >= 4 is 23.2 Å². The van der Waals surface area contributed by atoms with Gasteiger partial charge in [-0.15, -0.1) is 10.2 Å². The van der Waals surface area contributed by atoms with Gasteiger partial charge < -0.3 is 10.2 Å². The lowest BCUT2D eigenvalue weighted by molar-refractivity contribution is -0.137. The summed E-state index contributed by atoms with van der Waals surface area (Å²) in [6.07, 6.45) is 2.22. The highest BCUT2D eigenvalue weighted by Gasteiger charge is 2.43. The van der Waals surface area contributed by atoms with E-state index in [0.717, 1.165) is 69.3 Å². The Kier molecular flexibility index (Phi) is 6.02. The fourth-order valence-corrected chi connectivity index (χ4v) is 6.30. The molecule has 0 amide bonds. The van der Waals surface area contributed by atoms with E-state index in [4.69, 9.17) is 21.7 Å². The Hall–Kier alpha value is -2.88. The number of hydrogen-bond donors (Lipinski definition) is 1. The molecule has 3 aliphatic rings. The minimum Gasteiger partial charge on any atom is -0.369 e. The van der Waals surface area contributed by atoms with E-state index in [9.17, 15) is 13.2 Å². The number of hydrogen-bond acceptors (Lipinski definition) is 6. The van der Waals surface area contributed by atoms with Crippen LogP contribution in [0, 0.1) is 11.8 Å². The van der Waals surface area contributed by atoms with Crippen LogP contribution in [0.1, 0.15) is 55.0 Å². The SMILES string of the molecule is FC(F)(F)c1cccc(C2CCCCn3nc(N[C@@H]4C5CC[C@H]4CN(c4cnnc(Cl)c4)C5)nc32)c1. The van der Waals surface area contributed by atoms with Crippen LogP contribution in [0.15, 0.2) is 36.5 Å². The molecule has 36 heavy (non-hydrogen) atoms. The molecule has 2 aromatic heterocycles. The summed E-state index contributed by atoms with van der Waals surface area (Å²) in [7, 11) is 0. The Bertz CT molecular complexity index is 1230. The summed E-state index contributed by atoms with van der Waals surface area (Å²) >= 11 is 6.05. The van der Waals surface area contributed by atoms with Gasteiger partial charge in [0.25, 0.3) is 0 Å². The van der Waals surface area contributed by atoms with Crippen molar-refractivity contribution < 1.29 is 13.2 Å². The van der Waals surface area contributed by atoms with Crippen molar-refractivity contribution in [3.63, 3.8) is 0 Å². The maximum absolute atomic E-state index is 13.4. The largest absolute Gasteiger partial charge is 0.416 e. The average Bonchev–Trinajstić information content (AvgIpc) is 3.25. The molecule has 0 spiro atoms. The second kappa shape index (κ2) is 9.21. The third-order valence-corrected chi connectivity index (χ3v) is 8.03. The molecule has 2 bridgehead atoms. The molecule has 6 rings (SSSR count). The molecule has 1 saturated carbocycles. The molecule has 190 valence electrons. The molecule has 2 fully saturated rings. The van der Waals surface area contributed by atoms with Crippen LogP contribution >= 0.6 is 11.6 Å².